The molecule has 9 heteroatoms. The number of carboxylic acid groups (broad SMARTS) is 1. The molecule has 1 rings (SSSR count). The first-order chi connectivity index (χ1) is 9.13. The van der Waals surface area contributed by atoms with Crippen molar-refractivity contribution in [1.82, 2.24) is 5.32 Å². The second kappa shape index (κ2) is 6.14. The number of hydrogen-bond donors (Lipinski definition) is 4. The highest BCUT2D eigenvalue weighted by atomic mass is 79.9. The predicted molar refractivity (Wildman–Crippen MR) is 69.3 cm³/mol. The Kier molecular flexibility index (Phi) is 5.01. The summed E-state index contributed by atoms with van der Waals surface area (Å²) in [5.74, 6) is -3.55. The van der Waals surface area contributed by atoms with Crippen molar-refractivity contribution in [2.75, 3.05) is 11.9 Å². The van der Waals surface area contributed by atoms with Crippen LogP contribution in [0.25, 0.3) is 0 Å². The highest BCUT2D eigenvalue weighted by Crippen LogP contribution is 2.23. The normalized spacial score (nSPS) is 13.4. The molecule has 0 heterocycles. The number of amides is 2. The van der Waals surface area contributed by atoms with E-state index in [-0.39, 0.29) is 4.47 Å². The summed E-state index contributed by atoms with van der Waals surface area (Å²) in [5.41, 5.74) is -2.87. The number of urea groups is 1. The lowest BCUT2D eigenvalue weighted by atomic mass is 10.1. The summed E-state index contributed by atoms with van der Waals surface area (Å²) < 4.78 is 27.0. The first kappa shape index (κ1) is 16.3. The number of rotatable bonds is 4. The number of aliphatic carboxylic acids is 1. The summed E-state index contributed by atoms with van der Waals surface area (Å²) in [6, 6.07) is 0.852. The van der Waals surface area contributed by atoms with Gasteiger partial charge in [0.15, 0.2) is 17.2 Å². The van der Waals surface area contributed by atoms with Crippen molar-refractivity contribution in [3.05, 3.63) is 28.2 Å². The summed E-state index contributed by atoms with van der Waals surface area (Å²) in [5, 5.41) is 21.9. The Balaban J connectivity index is 2.71. The van der Waals surface area contributed by atoms with Gasteiger partial charge in [-0.3, -0.25) is 0 Å². The Hall–Kier alpha value is -1.74. The van der Waals surface area contributed by atoms with Crippen LogP contribution in [-0.2, 0) is 4.79 Å². The smallest absolute Gasteiger partial charge is 0.337 e. The molecule has 1 aromatic carbocycles. The highest BCUT2D eigenvalue weighted by Gasteiger charge is 2.30. The predicted octanol–water partition coefficient (Wildman–Crippen LogP) is 1.68. The number of carboxylic acids is 1. The number of benzene rings is 1. The molecule has 0 aliphatic carbocycles. The molecule has 0 spiro atoms. The molecule has 1 atom stereocenters. The van der Waals surface area contributed by atoms with Crippen molar-refractivity contribution >= 4 is 33.6 Å². The highest BCUT2D eigenvalue weighted by molar-refractivity contribution is 9.10. The minimum Gasteiger partial charge on any atom is -0.479 e. The number of carbonyl (C=O) groups excluding carboxylic acids is 1. The van der Waals surface area contributed by atoms with Crippen molar-refractivity contribution < 1.29 is 28.6 Å². The average Bonchev–Trinajstić information content (AvgIpc) is 2.31. The average molecular weight is 353 g/mol. The molecule has 0 saturated carbocycles. The number of carbonyl (C=O) groups is 2. The maximum absolute atomic E-state index is 13.4. The van der Waals surface area contributed by atoms with Crippen LogP contribution in [0.5, 0.6) is 0 Å². The molecular formula is C11H11BrF2N2O4. The summed E-state index contributed by atoms with van der Waals surface area (Å²) in [4.78, 5) is 22.0. The van der Waals surface area contributed by atoms with Crippen LogP contribution < -0.4 is 10.6 Å². The van der Waals surface area contributed by atoms with Gasteiger partial charge in [0, 0.05) is 4.47 Å². The van der Waals surface area contributed by atoms with Crippen molar-refractivity contribution in [1.29, 1.82) is 0 Å². The lowest BCUT2D eigenvalue weighted by molar-refractivity contribution is -0.155. The molecule has 110 valence electrons. The van der Waals surface area contributed by atoms with E-state index in [9.17, 15) is 23.5 Å². The van der Waals surface area contributed by atoms with Gasteiger partial charge in [-0.05, 0) is 19.1 Å². The van der Waals surface area contributed by atoms with E-state index in [1.54, 1.807) is 0 Å². The van der Waals surface area contributed by atoms with Gasteiger partial charge in [-0.15, -0.1) is 0 Å². The van der Waals surface area contributed by atoms with Gasteiger partial charge in [0.2, 0.25) is 0 Å². The second-order valence-electron chi connectivity index (χ2n) is 4.13. The monoisotopic (exact) mass is 352 g/mol. The molecule has 1 unspecified atom stereocenters. The topological polar surface area (TPSA) is 98.7 Å². The van der Waals surface area contributed by atoms with E-state index < -0.39 is 41.5 Å². The van der Waals surface area contributed by atoms with Gasteiger partial charge in [-0.1, -0.05) is 15.9 Å². The Morgan fingerprint density at radius 2 is 1.85 bits per heavy atom. The molecule has 4 N–H and O–H groups in total. The fourth-order valence-electron chi connectivity index (χ4n) is 1.15. The van der Waals surface area contributed by atoms with Gasteiger partial charge in [0.25, 0.3) is 0 Å². The minimum absolute atomic E-state index is 0.160. The molecular weight excluding hydrogens is 342 g/mol. The van der Waals surface area contributed by atoms with Crippen molar-refractivity contribution in [3.63, 3.8) is 0 Å². The van der Waals surface area contributed by atoms with Crippen LogP contribution in [0.1, 0.15) is 6.92 Å². The van der Waals surface area contributed by atoms with Crippen LogP contribution in [0.3, 0.4) is 0 Å². The molecule has 0 saturated heterocycles. The lowest BCUT2D eigenvalue weighted by Gasteiger charge is -2.18. The molecule has 0 aliphatic heterocycles. The molecule has 0 bridgehead atoms. The third-order valence-electron chi connectivity index (χ3n) is 2.30. The van der Waals surface area contributed by atoms with Gasteiger partial charge in [-0.25, -0.2) is 18.4 Å². The molecule has 0 radical (unpaired) electrons. The maximum Gasteiger partial charge on any atom is 0.337 e. The Morgan fingerprint density at radius 1 is 1.35 bits per heavy atom. The molecule has 0 aromatic heterocycles. The molecule has 2 amide bonds. The number of anilines is 1. The molecule has 6 nitrogen and oxygen atoms in total. The third kappa shape index (κ3) is 4.14. The number of halogens is 3. The molecule has 0 aliphatic rings. The fourth-order valence-corrected chi connectivity index (χ4v) is 1.55. The second-order valence-corrected chi connectivity index (χ2v) is 5.05. The summed E-state index contributed by atoms with van der Waals surface area (Å²) in [6.07, 6.45) is 0. The van der Waals surface area contributed by atoms with Gasteiger partial charge in [0.05, 0.1) is 6.54 Å². The van der Waals surface area contributed by atoms with E-state index >= 15 is 0 Å². The summed E-state index contributed by atoms with van der Waals surface area (Å²) in [6.45, 7) is 0.338. The Morgan fingerprint density at radius 3 is 2.30 bits per heavy atom. The standard InChI is InChI=1S/C11H11BrF2N2O4/c1-11(20,9(17)18)4-15-10(19)16-8-6(13)2-5(12)3-7(8)14/h2-3,20H,4H2,1H3,(H,17,18)(H2,15,16,19). The van der Waals surface area contributed by atoms with Crippen LogP contribution in [0.4, 0.5) is 19.3 Å². The van der Waals surface area contributed by atoms with E-state index in [1.807, 2.05) is 10.6 Å². The number of hydrogen-bond acceptors (Lipinski definition) is 3. The minimum atomic E-state index is -2.19. The van der Waals surface area contributed by atoms with Gasteiger partial charge in [-0.2, -0.15) is 0 Å². The Labute approximate surface area is 120 Å². The van der Waals surface area contributed by atoms with Crippen LogP contribution in [0.15, 0.2) is 16.6 Å². The van der Waals surface area contributed by atoms with Crippen LogP contribution in [0, 0.1) is 11.6 Å². The van der Waals surface area contributed by atoms with Crippen LogP contribution in [-0.4, -0.2) is 34.4 Å². The van der Waals surface area contributed by atoms with E-state index in [0.29, 0.717) is 0 Å². The van der Waals surface area contributed by atoms with Gasteiger partial charge in [0.1, 0.15) is 5.69 Å². The van der Waals surface area contributed by atoms with Crippen molar-refractivity contribution in [2.24, 2.45) is 0 Å². The zero-order chi connectivity index (χ0) is 15.5. The van der Waals surface area contributed by atoms with Gasteiger partial charge < -0.3 is 20.8 Å². The quantitative estimate of drug-likeness (QED) is 0.662. The third-order valence-corrected chi connectivity index (χ3v) is 2.76. The maximum atomic E-state index is 13.4. The summed E-state index contributed by atoms with van der Waals surface area (Å²) in [7, 11) is 0. The molecule has 0 fully saturated rings. The SMILES string of the molecule is CC(O)(CNC(=O)Nc1c(F)cc(Br)cc1F)C(=O)O. The van der Waals surface area contributed by atoms with Crippen LogP contribution in [0.2, 0.25) is 0 Å². The van der Waals surface area contributed by atoms with Crippen LogP contribution >= 0.6 is 15.9 Å². The first-order valence-electron chi connectivity index (χ1n) is 5.28. The lowest BCUT2D eigenvalue weighted by Crippen LogP contribution is -2.47. The first-order valence-corrected chi connectivity index (χ1v) is 6.08. The fraction of sp³-hybridized carbons (Fsp3) is 0.273. The molecule has 20 heavy (non-hydrogen) atoms. The van der Waals surface area contributed by atoms with Crippen molar-refractivity contribution in [3.8, 4) is 0 Å². The Bertz CT molecular complexity index is 528. The van der Waals surface area contributed by atoms with Gasteiger partial charge >= 0.3 is 12.0 Å². The van der Waals surface area contributed by atoms with E-state index in [4.69, 9.17) is 5.11 Å². The van der Waals surface area contributed by atoms with E-state index in [2.05, 4.69) is 15.9 Å². The van der Waals surface area contributed by atoms with E-state index in [0.717, 1.165) is 19.1 Å². The van der Waals surface area contributed by atoms with E-state index in [1.165, 1.54) is 0 Å². The molecule has 1 aromatic rings. The number of nitrogens with one attached hydrogen (secondary N) is 2. The zero-order valence-corrected chi connectivity index (χ0v) is 11.8. The zero-order valence-electron chi connectivity index (χ0n) is 10.2. The summed E-state index contributed by atoms with van der Waals surface area (Å²) >= 11 is 2.88. The largest absolute Gasteiger partial charge is 0.479 e. The number of aliphatic hydroxyl groups is 1. The van der Waals surface area contributed by atoms with Crippen molar-refractivity contribution in [2.45, 2.75) is 12.5 Å².